The predicted molar refractivity (Wildman–Crippen MR) is 76.7 cm³/mol. The molecule has 2 rings (SSSR count). The second kappa shape index (κ2) is 5.50. The molecule has 0 unspecified atom stereocenters. The first-order valence-electron chi connectivity index (χ1n) is 6.64. The van der Waals surface area contributed by atoms with Crippen LogP contribution in [-0.4, -0.2) is 19.2 Å². The normalized spacial score (nSPS) is 20.8. The Morgan fingerprint density at radius 3 is 2.67 bits per heavy atom. The zero-order chi connectivity index (χ0) is 13.2. The molecule has 1 heterocycles. The number of rotatable bonds is 2. The van der Waals surface area contributed by atoms with Gasteiger partial charge in [0.1, 0.15) is 11.9 Å². The van der Waals surface area contributed by atoms with E-state index in [0.717, 1.165) is 25.3 Å². The van der Waals surface area contributed by atoms with Gasteiger partial charge in [-0.15, -0.1) is 0 Å². The maximum Gasteiger partial charge on any atom is 0.138 e. The van der Waals surface area contributed by atoms with Crippen LogP contribution >= 0.6 is 11.6 Å². The third kappa shape index (κ3) is 3.39. The van der Waals surface area contributed by atoms with E-state index in [2.05, 4.69) is 32.2 Å². The van der Waals surface area contributed by atoms with Crippen LogP contribution in [0.4, 0.5) is 0 Å². The summed E-state index contributed by atoms with van der Waals surface area (Å²) < 4.78 is 5.96. The first-order valence-corrected chi connectivity index (χ1v) is 7.02. The summed E-state index contributed by atoms with van der Waals surface area (Å²) >= 11 is 6.31. The van der Waals surface area contributed by atoms with Gasteiger partial charge in [-0.3, -0.25) is 0 Å². The Balaban J connectivity index is 2.09. The predicted octanol–water partition coefficient (Wildman–Crippen LogP) is 3.77. The molecule has 2 nitrogen and oxygen atoms in total. The van der Waals surface area contributed by atoms with Crippen LogP contribution in [0.25, 0.3) is 0 Å². The van der Waals surface area contributed by atoms with Crippen LogP contribution in [0.5, 0.6) is 5.75 Å². The molecule has 1 atom stereocenters. The van der Waals surface area contributed by atoms with E-state index >= 15 is 0 Å². The van der Waals surface area contributed by atoms with E-state index in [0.29, 0.717) is 5.02 Å². The van der Waals surface area contributed by atoms with Crippen molar-refractivity contribution in [2.24, 2.45) is 0 Å². The van der Waals surface area contributed by atoms with Crippen molar-refractivity contribution in [3.63, 3.8) is 0 Å². The van der Waals surface area contributed by atoms with Crippen LogP contribution in [0.3, 0.4) is 0 Å². The van der Waals surface area contributed by atoms with Gasteiger partial charge in [0.25, 0.3) is 0 Å². The molecule has 1 aliphatic rings. The topological polar surface area (TPSA) is 21.3 Å². The molecule has 1 aromatic rings. The highest BCUT2D eigenvalue weighted by atomic mass is 35.5. The smallest absolute Gasteiger partial charge is 0.138 e. The minimum absolute atomic E-state index is 0.120. The van der Waals surface area contributed by atoms with Crippen molar-refractivity contribution in [2.45, 2.75) is 45.1 Å². The lowest BCUT2D eigenvalue weighted by Crippen LogP contribution is -2.37. The highest BCUT2D eigenvalue weighted by Crippen LogP contribution is 2.32. The van der Waals surface area contributed by atoms with Crippen molar-refractivity contribution in [3.05, 3.63) is 28.8 Å². The molecule has 0 spiro atoms. The van der Waals surface area contributed by atoms with Crippen LogP contribution in [0.1, 0.15) is 39.2 Å². The largest absolute Gasteiger partial charge is 0.488 e. The summed E-state index contributed by atoms with van der Waals surface area (Å²) in [5.41, 5.74) is 1.36. The van der Waals surface area contributed by atoms with Gasteiger partial charge in [-0.05, 0) is 42.5 Å². The highest BCUT2D eigenvalue weighted by molar-refractivity contribution is 6.32. The Hall–Kier alpha value is -0.730. The fraction of sp³-hybridized carbons (Fsp3) is 0.600. The van der Waals surface area contributed by atoms with Gasteiger partial charge in [-0.2, -0.15) is 0 Å². The van der Waals surface area contributed by atoms with Crippen LogP contribution < -0.4 is 10.1 Å². The van der Waals surface area contributed by atoms with Gasteiger partial charge in [0.15, 0.2) is 0 Å². The number of nitrogens with one attached hydrogen (secondary N) is 1. The molecular weight excluding hydrogens is 246 g/mol. The standard InChI is InChI=1S/C15H22ClNO/c1-15(2,3)11-6-7-14(13(16)9-11)18-12-5-4-8-17-10-12/h6-7,9,12,17H,4-5,8,10H2,1-3H3/t12-/m1/s1. The van der Waals surface area contributed by atoms with Crippen molar-refractivity contribution in [3.8, 4) is 5.75 Å². The fourth-order valence-corrected chi connectivity index (χ4v) is 2.39. The minimum atomic E-state index is 0.120. The van der Waals surface area contributed by atoms with Crippen molar-refractivity contribution < 1.29 is 4.74 Å². The second-order valence-electron chi connectivity index (χ2n) is 5.98. The number of benzene rings is 1. The Morgan fingerprint density at radius 1 is 1.33 bits per heavy atom. The molecular formula is C15H22ClNO. The van der Waals surface area contributed by atoms with E-state index in [1.165, 1.54) is 12.0 Å². The number of hydrogen-bond donors (Lipinski definition) is 1. The molecule has 100 valence electrons. The summed E-state index contributed by atoms with van der Waals surface area (Å²) in [5, 5.41) is 4.06. The average molecular weight is 268 g/mol. The zero-order valence-electron chi connectivity index (χ0n) is 11.4. The summed E-state index contributed by atoms with van der Waals surface area (Å²) in [5.74, 6) is 0.804. The summed E-state index contributed by atoms with van der Waals surface area (Å²) in [6, 6.07) is 6.13. The molecule has 0 bridgehead atoms. The number of hydrogen-bond acceptors (Lipinski definition) is 2. The van der Waals surface area contributed by atoms with Gasteiger partial charge in [-0.25, -0.2) is 0 Å². The van der Waals surface area contributed by atoms with Crippen LogP contribution in [-0.2, 0) is 5.41 Å². The second-order valence-corrected chi connectivity index (χ2v) is 6.39. The molecule has 1 saturated heterocycles. The van der Waals surface area contributed by atoms with Crippen molar-refractivity contribution in [1.29, 1.82) is 0 Å². The van der Waals surface area contributed by atoms with Gasteiger partial charge < -0.3 is 10.1 Å². The molecule has 0 aromatic heterocycles. The number of halogens is 1. The van der Waals surface area contributed by atoms with E-state index in [4.69, 9.17) is 16.3 Å². The van der Waals surface area contributed by atoms with Gasteiger partial charge >= 0.3 is 0 Å². The molecule has 1 aliphatic heterocycles. The third-order valence-corrected chi connectivity index (χ3v) is 3.64. The van der Waals surface area contributed by atoms with Gasteiger partial charge in [0.05, 0.1) is 5.02 Å². The minimum Gasteiger partial charge on any atom is -0.488 e. The summed E-state index contributed by atoms with van der Waals surface area (Å²) in [4.78, 5) is 0. The van der Waals surface area contributed by atoms with Crippen molar-refractivity contribution in [2.75, 3.05) is 13.1 Å². The van der Waals surface area contributed by atoms with Crippen LogP contribution in [0.15, 0.2) is 18.2 Å². The maximum atomic E-state index is 6.31. The zero-order valence-corrected chi connectivity index (χ0v) is 12.2. The number of ether oxygens (including phenoxy) is 1. The maximum absolute atomic E-state index is 6.31. The molecule has 0 aliphatic carbocycles. The van der Waals surface area contributed by atoms with Gasteiger partial charge in [0.2, 0.25) is 0 Å². The Labute approximate surface area is 115 Å². The SMILES string of the molecule is CC(C)(C)c1ccc(O[C@@H]2CCCNC2)c(Cl)c1. The quantitative estimate of drug-likeness (QED) is 0.881. The lowest BCUT2D eigenvalue weighted by Gasteiger charge is -2.25. The molecule has 0 saturated carbocycles. The fourth-order valence-electron chi connectivity index (χ4n) is 2.16. The molecule has 1 fully saturated rings. The molecule has 1 aromatic carbocycles. The lowest BCUT2D eigenvalue weighted by atomic mass is 9.87. The summed E-state index contributed by atoms with van der Waals surface area (Å²) in [6.45, 7) is 8.56. The monoisotopic (exact) mass is 267 g/mol. The highest BCUT2D eigenvalue weighted by Gasteiger charge is 2.18. The molecule has 0 radical (unpaired) electrons. The number of piperidine rings is 1. The lowest BCUT2D eigenvalue weighted by molar-refractivity contribution is 0.167. The Morgan fingerprint density at radius 2 is 2.11 bits per heavy atom. The molecule has 0 amide bonds. The van der Waals surface area contributed by atoms with Crippen molar-refractivity contribution in [1.82, 2.24) is 5.32 Å². The van der Waals surface area contributed by atoms with E-state index in [-0.39, 0.29) is 11.5 Å². The first kappa shape index (κ1) is 13.7. The Kier molecular flexibility index (Phi) is 4.18. The van der Waals surface area contributed by atoms with Crippen molar-refractivity contribution >= 4 is 11.6 Å². The van der Waals surface area contributed by atoms with Crippen LogP contribution in [0, 0.1) is 0 Å². The van der Waals surface area contributed by atoms with E-state index < -0.39 is 0 Å². The van der Waals surface area contributed by atoms with E-state index in [1.54, 1.807) is 0 Å². The first-order chi connectivity index (χ1) is 8.47. The molecule has 18 heavy (non-hydrogen) atoms. The third-order valence-electron chi connectivity index (χ3n) is 3.34. The van der Waals surface area contributed by atoms with E-state index in [9.17, 15) is 0 Å². The summed E-state index contributed by atoms with van der Waals surface area (Å²) in [7, 11) is 0. The Bertz CT molecular complexity index is 405. The summed E-state index contributed by atoms with van der Waals surface area (Å²) in [6.07, 6.45) is 2.52. The van der Waals surface area contributed by atoms with Gasteiger partial charge in [0, 0.05) is 6.54 Å². The molecule has 1 N–H and O–H groups in total. The molecule has 3 heteroatoms. The van der Waals surface area contributed by atoms with E-state index in [1.807, 2.05) is 12.1 Å². The van der Waals surface area contributed by atoms with Gasteiger partial charge in [-0.1, -0.05) is 38.4 Å². The van der Waals surface area contributed by atoms with Crippen LogP contribution in [0.2, 0.25) is 5.02 Å². The average Bonchev–Trinajstić information content (AvgIpc) is 2.32.